The third-order valence-electron chi connectivity index (χ3n) is 2.77. The highest BCUT2D eigenvalue weighted by atomic mass is 19.3. The normalized spacial score (nSPS) is 17.7. The maximum absolute atomic E-state index is 11.9. The molecule has 0 atom stereocenters. The van der Waals surface area contributed by atoms with Crippen molar-refractivity contribution >= 4 is 12.1 Å². The van der Waals surface area contributed by atoms with E-state index in [2.05, 4.69) is 10.3 Å². The van der Waals surface area contributed by atoms with Gasteiger partial charge in [0.1, 0.15) is 6.54 Å². The highest BCUT2D eigenvalue weighted by Gasteiger charge is 2.23. The third-order valence-corrected chi connectivity index (χ3v) is 2.77. The van der Waals surface area contributed by atoms with Crippen molar-refractivity contribution in [2.45, 2.75) is 32.2 Å². The Balaban J connectivity index is 2.30. The molecule has 8 heteroatoms. The van der Waals surface area contributed by atoms with Crippen molar-refractivity contribution in [1.82, 2.24) is 10.2 Å². The molecule has 1 fully saturated rings. The number of guanidine groups is 1. The van der Waals surface area contributed by atoms with Gasteiger partial charge in [0.25, 0.3) is 6.43 Å². The standard InChI is InChI=1S/C11H20F2N4O2/c1-2-19-11(18)17-5-3-8(4-6-17)16-10(14)15-7-9(12)13/h8-9H,2-7H2,1H3,(H3,14,15,16). The lowest BCUT2D eigenvalue weighted by molar-refractivity contribution is 0.0963. The zero-order valence-electron chi connectivity index (χ0n) is 10.9. The van der Waals surface area contributed by atoms with Crippen LogP contribution in [0.5, 0.6) is 0 Å². The van der Waals surface area contributed by atoms with Gasteiger partial charge in [0.15, 0.2) is 5.96 Å². The lowest BCUT2D eigenvalue weighted by Crippen LogP contribution is -2.48. The molecule has 0 unspecified atom stereocenters. The summed E-state index contributed by atoms with van der Waals surface area (Å²) in [6.45, 7) is 2.62. The molecule has 6 nitrogen and oxygen atoms in total. The van der Waals surface area contributed by atoms with Crippen molar-refractivity contribution < 1.29 is 18.3 Å². The summed E-state index contributed by atoms with van der Waals surface area (Å²) in [5.41, 5.74) is 5.50. The topological polar surface area (TPSA) is 80.0 Å². The highest BCUT2D eigenvalue weighted by molar-refractivity contribution is 5.78. The summed E-state index contributed by atoms with van der Waals surface area (Å²) >= 11 is 0. The van der Waals surface area contributed by atoms with E-state index in [-0.39, 0.29) is 18.1 Å². The van der Waals surface area contributed by atoms with E-state index >= 15 is 0 Å². The second kappa shape index (κ2) is 7.75. The number of nitrogens with two attached hydrogens (primary N) is 1. The van der Waals surface area contributed by atoms with Crippen LogP contribution in [0.2, 0.25) is 0 Å². The molecule has 0 saturated carbocycles. The largest absolute Gasteiger partial charge is 0.450 e. The Morgan fingerprint density at radius 3 is 2.68 bits per heavy atom. The van der Waals surface area contributed by atoms with Gasteiger partial charge in [-0.05, 0) is 19.8 Å². The Labute approximate surface area is 111 Å². The minimum atomic E-state index is -2.49. The van der Waals surface area contributed by atoms with Crippen molar-refractivity contribution in [2.75, 3.05) is 26.2 Å². The molecule has 110 valence electrons. The van der Waals surface area contributed by atoms with Gasteiger partial charge in [-0.1, -0.05) is 0 Å². The number of carbonyl (C=O) groups excluding carboxylic acids is 1. The zero-order valence-corrected chi connectivity index (χ0v) is 10.9. The average molecular weight is 278 g/mol. The van der Waals surface area contributed by atoms with Crippen LogP contribution in [-0.2, 0) is 4.74 Å². The maximum Gasteiger partial charge on any atom is 0.409 e. The lowest BCUT2D eigenvalue weighted by Gasteiger charge is -2.31. The summed E-state index contributed by atoms with van der Waals surface area (Å²) in [7, 11) is 0. The zero-order chi connectivity index (χ0) is 14.3. The summed E-state index contributed by atoms with van der Waals surface area (Å²) in [4.78, 5) is 16.6. The third kappa shape index (κ3) is 5.71. The summed E-state index contributed by atoms with van der Waals surface area (Å²) in [6, 6.07) is 0.0482. The molecule has 3 N–H and O–H groups in total. The molecular formula is C11H20F2N4O2. The van der Waals surface area contributed by atoms with Gasteiger partial charge >= 0.3 is 6.09 Å². The van der Waals surface area contributed by atoms with Crippen LogP contribution in [0, 0.1) is 0 Å². The summed E-state index contributed by atoms with van der Waals surface area (Å²) in [5.74, 6) is 0.0230. The molecule has 19 heavy (non-hydrogen) atoms. The molecule has 0 aromatic carbocycles. The first kappa shape index (κ1) is 15.5. The number of hydrogen-bond donors (Lipinski definition) is 2. The molecule has 0 spiro atoms. The molecule has 0 aliphatic carbocycles. The SMILES string of the molecule is CCOC(=O)N1CCC(NC(N)=NCC(F)F)CC1. The number of nitrogens with zero attached hydrogens (tertiary/aromatic N) is 2. The number of likely N-dealkylation sites (tertiary alicyclic amines) is 1. The van der Waals surface area contributed by atoms with Crippen LogP contribution in [0.25, 0.3) is 0 Å². The molecule has 1 heterocycles. The fraction of sp³-hybridized carbons (Fsp3) is 0.818. The number of rotatable bonds is 4. The Bertz CT molecular complexity index is 318. The second-order valence-electron chi connectivity index (χ2n) is 4.22. The molecule has 0 aromatic rings. The van der Waals surface area contributed by atoms with E-state index in [4.69, 9.17) is 10.5 Å². The van der Waals surface area contributed by atoms with Gasteiger partial charge in [0, 0.05) is 19.1 Å². The van der Waals surface area contributed by atoms with Crippen molar-refractivity contribution in [3.8, 4) is 0 Å². The fourth-order valence-electron chi connectivity index (χ4n) is 1.84. The molecule has 0 aromatic heterocycles. The van der Waals surface area contributed by atoms with Crippen LogP contribution in [-0.4, -0.2) is 55.7 Å². The first-order valence-corrected chi connectivity index (χ1v) is 6.29. The van der Waals surface area contributed by atoms with Crippen LogP contribution in [0.3, 0.4) is 0 Å². The number of amides is 1. The van der Waals surface area contributed by atoms with Crippen molar-refractivity contribution in [1.29, 1.82) is 0 Å². The van der Waals surface area contributed by atoms with Gasteiger partial charge in [0.2, 0.25) is 0 Å². The Kier molecular flexibility index (Phi) is 6.31. The Morgan fingerprint density at radius 1 is 1.53 bits per heavy atom. The number of ether oxygens (including phenoxy) is 1. The minimum Gasteiger partial charge on any atom is -0.450 e. The molecular weight excluding hydrogens is 258 g/mol. The number of nitrogens with one attached hydrogen (secondary N) is 1. The number of piperidine rings is 1. The highest BCUT2D eigenvalue weighted by Crippen LogP contribution is 2.11. The average Bonchev–Trinajstić information content (AvgIpc) is 2.37. The number of hydrogen-bond acceptors (Lipinski definition) is 3. The second-order valence-corrected chi connectivity index (χ2v) is 4.22. The summed E-state index contributed by atoms with van der Waals surface area (Å²) in [6.07, 6.45) is -1.45. The molecule has 0 radical (unpaired) electrons. The monoisotopic (exact) mass is 278 g/mol. The smallest absolute Gasteiger partial charge is 0.409 e. The van der Waals surface area contributed by atoms with Crippen molar-refractivity contribution in [3.63, 3.8) is 0 Å². The van der Waals surface area contributed by atoms with E-state index in [9.17, 15) is 13.6 Å². The van der Waals surface area contributed by atoms with E-state index in [1.807, 2.05) is 0 Å². The molecule has 1 amide bonds. The Hall–Kier alpha value is -1.60. The number of halogens is 2. The number of aliphatic imine (C=N–C) groups is 1. The first-order valence-electron chi connectivity index (χ1n) is 6.29. The molecule has 0 bridgehead atoms. The van der Waals surface area contributed by atoms with Crippen LogP contribution in [0.1, 0.15) is 19.8 Å². The first-order chi connectivity index (χ1) is 9.02. The lowest BCUT2D eigenvalue weighted by atomic mass is 10.1. The molecule has 1 saturated heterocycles. The van der Waals surface area contributed by atoms with Gasteiger partial charge < -0.3 is 20.7 Å². The molecule has 1 aliphatic heterocycles. The van der Waals surface area contributed by atoms with Gasteiger partial charge in [-0.2, -0.15) is 0 Å². The molecule has 1 rings (SSSR count). The maximum atomic E-state index is 11.9. The number of carbonyl (C=O) groups is 1. The van der Waals surface area contributed by atoms with Crippen molar-refractivity contribution in [2.24, 2.45) is 10.7 Å². The van der Waals surface area contributed by atoms with Gasteiger partial charge in [-0.15, -0.1) is 0 Å². The van der Waals surface area contributed by atoms with Gasteiger partial charge in [-0.25, -0.2) is 18.6 Å². The summed E-state index contributed by atoms with van der Waals surface area (Å²) in [5, 5.41) is 2.88. The van der Waals surface area contributed by atoms with Gasteiger partial charge in [0.05, 0.1) is 6.61 Å². The van der Waals surface area contributed by atoms with E-state index in [1.165, 1.54) is 0 Å². The van der Waals surface area contributed by atoms with Crippen molar-refractivity contribution in [3.05, 3.63) is 0 Å². The quantitative estimate of drug-likeness (QED) is 0.588. The number of alkyl halides is 2. The van der Waals surface area contributed by atoms with Crippen LogP contribution >= 0.6 is 0 Å². The van der Waals surface area contributed by atoms with Crippen LogP contribution in [0.4, 0.5) is 13.6 Å². The van der Waals surface area contributed by atoms with E-state index in [0.29, 0.717) is 32.5 Å². The van der Waals surface area contributed by atoms with Crippen LogP contribution in [0.15, 0.2) is 4.99 Å². The van der Waals surface area contributed by atoms with E-state index < -0.39 is 13.0 Å². The fourth-order valence-corrected chi connectivity index (χ4v) is 1.84. The summed E-state index contributed by atoms with van der Waals surface area (Å²) < 4.78 is 28.8. The molecule has 1 aliphatic rings. The van der Waals surface area contributed by atoms with E-state index in [1.54, 1.807) is 11.8 Å². The minimum absolute atomic E-state index is 0.0230. The predicted molar refractivity (Wildman–Crippen MR) is 67.2 cm³/mol. The predicted octanol–water partition coefficient (Wildman–Crippen LogP) is 0.777. The van der Waals surface area contributed by atoms with E-state index in [0.717, 1.165) is 0 Å². The van der Waals surface area contributed by atoms with Crippen LogP contribution < -0.4 is 11.1 Å². The Morgan fingerprint density at radius 2 is 2.16 bits per heavy atom. The van der Waals surface area contributed by atoms with Gasteiger partial charge in [-0.3, -0.25) is 0 Å².